The van der Waals surface area contributed by atoms with Crippen LogP contribution in [0.15, 0.2) is 231 Å². The van der Waals surface area contributed by atoms with Gasteiger partial charge in [-0.2, -0.15) is 0 Å². The predicted molar refractivity (Wildman–Crippen MR) is 280 cm³/mol. The molecule has 0 heterocycles. The average molecular weight is 837 g/mol. The molecule has 1 aliphatic carbocycles. The zero-order chi connectivity index (χ0) is 44.9. The summed E-state index contributed by atoms with van der Waals surface area (Å²) >= 11 is 0. The van der Waals surface area contributed by atoms with Crippen molar-refractivity contribution in [1.29, 1.82) is 0 Å². The number of hydrogen-bond donors (Lipinski definition) is 0. The van der Waals surface area contributed by atoms with Gasteiger partial charge in [0.2, 0.25) is 0 Å². The van der Waals surface area contributed by atoms with Crippen LogP contribution in [0.25, 0.3) is 66.4 Å². The van der Waals surface area contributed by atoms with E-state index in [1.165, 1.54) is 111 Å². The summed E-state index contributed by atoms with van der Waals surface area (Å²) in [7, 11) is 0. The summed E-state index contributed by atoms with van der Waals surface area (Å²) in [5, 5.41) is 2.68. The van der Waals surface area contributed by atoms with Gasteiger partial charge in [-0.15, -0.1) is 0 Å². The monoisotopic (exact) mass is 836 g/mol. The number of aryl methyl sites for hydroxylation is 3. The molecule has 0 aromatic heterocycles. The van der Waals surface area contributed by atoms with E-state index >= 15 is 0 Å². The van der Waals surface area contributed by atoms with Gasteiger partial charge in [0.25, 0.3) is 0 Å². The third-order valence-corrected chi connectivity index (χ3v) is 13.5. The summed E-state index contributed by atoms with van der Waals surface area (Å²) in [6.07, 6.45) is 0. The standard InChI is InChI=1S/C41H34.C13H12.C11H10/c1-27-19-21-30(22-20-27)33-13-9-15-35(28(33)2)36-16-10-14-34(29(36)3)31-23-25-32(26-24-31)41(4)39-17-7-5-11-37(39)38-12-6-8-18-40(38)41;1-11-7-9-13(10-8-11)12-5-3-2-4-6-12;1-9-5-4-7-10-6-2-3-8-11(9)10/h5-26H,1-4H3;2-10H,1H3;2-8H,1H3. The average Bonchev–Trinajstić information content (AvgIpc) is 3.62. The van der Waals surface area contributed by atoms with Gasteiger partial charge in [0.05, 0.1) is 0 Å². The molecule has 0 nitrogen and oxygen atoms in total. The van der Waals surface area contributed by atoms with Crippen molar-refractivity contribution >= 4 is 10.8 Å². The van der Waals surface area contributed by atoms with E-state index in [9.17, 15) is 0 Å². The molecule has 0 bridgehead atoms. The van der Waals surface area contributed by atoms with Crippen molar-refractivity contribution < 1.29 is 0 Å². The summed E-state index contributed by atoms with van der Waals surface area (Å²) < 4.78 is 0. The van der Waals surface area contributed by atoms with E-state index in [4.69, 9.17) is 0 Å². The van der Waals surface area contributed by atoms with E-state index in [-0.39, 0.29) is 5.41 Å². The summed E-state index contributed by atoms with van der Waals surface area (Å²) in [4.78, 5) is 0. The Hall–Kier alpha value is -7.54. The van der Waals surface area contributed by atoms with Crippen molar-refractivity contribution in [2.24, 2.45) is 0 Å². The molecule has 10 aromatic rings. The highest BCUT2D eigenvalue weighted by molar-refractivity contribution is 5.87. The lowest BCUT2D eigenvalue weighted by Crippen LogP contribution is -2.22. The lowest BCUT2D eigenvalue weighted by Gasteiger charge is -2.28. The minimum atomic E-state index is -0.170. The third kappa shape index (κ3) is 8.61. The van der Waals surface area contributed by atoms with Crippen molar-refractivity contribution in [2.75, 3.05) is 0 Å². The van der Waals surface area contributed by atoms with Crippen LogP contribution in [0.5, 0.6) is 0 Å². The lowest BCUT2D eigenvalue weighted by atomic mass is 9.74. The molecule has 0 unspecified atom stereocenters. The molecule has 0 saturated heterocycles. The Kier molecular flexibility index (Phi) is 12.3. The van der Waals surface area contributed by atoms with Gasteiger partial charge in [0.15, 0.2) is 0 Å². The van der Waals surface area contributed by atoms with Gasteiger partial charge in [0.1, 0.15) is 0 Å². The molecule has 0 saturated carbocycles. The summed E-state index contributed by atoms with van der Waals surface area (Å²) in [6, 6.07) is 83.2. The summed E-state index contributed by atoms with van der Waals surface area (Å²) in [6.45, 7) is 13.3. The van der Waals surface area contributed by atoms with Crippen LogP contribution in [-0.2, 0) is 5.41 Å². The van der Waals surface area contributed by atoms with Gasteiger partial charge in [-0.3, -0.25) is 0 Å². The molecule has 10 aromatic carbocycles. The van der Waals surface area contributed by atoms with E-state index < -0.39 is 0 Å². The van der Waals surface area contributed by atoms with E-state index in [0.717, 1.165) is 0 Å². The van der Waals surface area contributed by atoms with Crippen LogP contribution in [0.4, 0.5) is 0 Å². The minimum Gasteiger partial charge on any atom is -0.0622 e. The molecule has 0 spiro atoms. The maximum atomic E-state index is 2.38. The first-order valence-corrected chi connectivity index (χ1v) is 22.8. The Bertz CT molecular complexity index is 3170. The lowest BCUT2D eigenvalue weighted by molar-refractivity contribution is 0.714. The third-order valence-electron chi connectivity index (χ3n) is 13.5. The highest BCUT2D eigenvalue weighted by Gasteiger charge is 2.40. The molecule has 0 heteroatoms. The quantitative estimate of drug-likeness (QED) is 0.162. The first kappa shape index (κ1) is 42.7. The maximum absolute atomic E-state index is 2.38. The smallest absolute Gasteiger partial charge is 0.0435 e. The molecule has 1 aliphatic rings. The van der Waals surface area contributed by atoms with Crippen LogP contribution in [-0.4, -0.2) is 0 Å². The number of rotatable bonds is 5. The van der Waals surface area contributed by atoms with Gasteiger partial charge in [-0.25, -0.2) is 0 Å². The Morgan fingerprint density at radius 1 is 0.277 bits per heavy atom. The van der Waals surface area contributed by atoms with E-state index in [2.05, 4.69) is 266 Å². The molecular formula is C65H56. The minimum absolute atomic E-state index is 0.170. The number of benzene rings is 10. The molecule has 65 heavy (non-hydrogen) atoms. The Balaban J connectivity index is 0.000000179. The highest BCUT2D eigenvalue weighted by atomic mass is 14.4. The van der Waals surface area contributed by atoms with Crippen LogP contribution >= 0.6 is 0 Å². The normalized spacial score (nSPS) is 12.0. The Morgan fingerprint density at radius 2 is 0.662 bits per heavy atom. The van der Waals surface area contributed by atoms with Gasteiger partial charge >= 0.3 is 0 Å². The van der Waals surface area contributed by atoms with Crippen LogP contribution in [0, 0.1) is 34.6 Å². The predicted octanol–water partition coefficient (Wildman–Crippen LogP) is 17.8. The van der Waals surface area contributed by atoms with Gasteiger partial charge in [-0.1, -0.05) is 242 Å². The summed E-state index contributed by atoms with van der Waals surface area (Å²) in [5.74, 6) is 0. The molecule has 0 N–H and O–H groups in total. The first-order chi connectivity index (χ1) is 31.7. The van der Waals surface area contributed by atoms with Crippen molar-refractivity contribution in [3.8, 4) is 55.6 Å². The Morgan fingerprint density at radius 3 is 1.20 bits per heavy atom. The van der Waals surface area contributed by atoms with Crippen molar-refractivity contribution in [2.45, 2.75) is 47.0 Å². The number of hydrogen-bond acceptors (Lipinski definition) is 0. The van der Waals surface area contributed by atoms with E-state index in [1.54, 1.807) is 0 Å². The fourth-order valence-electron chi connectivity index (χ4n) is 9.72. The topological polar surface area (TPSA) is 0 Å². The molecule has 11 rings (SSSR count). The van der Waals surface area contributed by atoms with Gasteiger partial charge < -0.3 is 0 Å². The van der Waals surface area contributed by atoms with Crippen LogP contribution in [0.1, 0.15) is 51.4 Å². The number of fused-ring (bicyclic) bond motifs is 4. The SMILES string of the molecule is Cc1ccc(-c2cccc(-c3cccc(-c4ccc(C5(C)c6ccccc6-c6ccccc65)cc4)c3C)c2C)cc1.Cc1ccc(-c2ccccc2)cc1.Cc1cccc2ccccc12. The van der Waals surface area contributed by atoms with Crippen molar-refractivity contribution in [3.63, 3.8) is 0 Å². The van der Waals surface area contributed by atoms with Crippen molar-refractivity contribution in [3.05, 3.63) is 275 Å². The van der Waals surface area contributed by atoms with Crippen LogP contribution in [0.2, 0.25) is 0 Å². The second-order valence-corrected chi connectivity index (χ2v) is 17.6. The molecule has 0 radical (unpaired) electrons. The largest absolute Gasteiger partial charge is 0.0622 e. The molecule has 0 fully saturated rings. The molecule has 0 atom stereocenters. The second-order valence-electron chi connectivity index (χ2n) is 17.6. The molecule has 0 amide bonds. The Labute approximate surface area is 386 Å². The fourth-order valence-corrected chi connectivity index (χ4v) is 9.72. The van der Waals surface area contributed by atoms with Crippen molar-refractivity contribution in [1.82, 2.24) is 0 Å². The van der Waals surface area contributed by atoms with Crippen LogP contribution in [0.3, 0.4) is 0 Å². The first-order valence-electron chi connectivity index (χ1n) is 22.8. The summed E-state index contributed by atoms with van der Waals surface area (Å²) in [5.41, 5.74) is 23.4. The zero-order valence-electron chi connectivity index (χ0n) is 38.4. The maximum Gasteiger partial charge on any atom is 0.0435 e. The van der Waals surface area contributed by atoms with Gasteiger partial charge in [0, 0.05) is 5.41 Å². The van der Waals surface area contributed by atoms with E-state index in [0.29, 0.717) is 0 Å². The molecule has 0 aliphatic heterocycles. The zero-order valence-corrected chi connectivity index (χ0v) is 38.4. The van der Waals surface area contributed by atoms with Crippen LogP contribution < -0.4 is 0 Å². The molecular weight excluding hydrogens is 781 g/mol. The van der Waals surface area contributed by atoms with E-state index in [1.807, 2.05) is 6.07 Å². The fraction of sp³-hybridized carbons (Fsp3) is 0.108. The second kappa shape index (κ2) is 18.7. The highest BCUT2D eigenvalue weighted by Crippen LogP contribution is 2.52. The molecule has 316 valence electrons. The van der Waals surface area contributed by atoms with Gasteiger partial charge in [-0.05, 0) is 141 Å².